The fourth-order valence-electron chi connectivity index (χ4n) is 2.23. The van der Waals surface area contributed by atoms with Gasteiger partial charge in [0.15, 0.2) is 5.13 Å². The lowest BCUT2D eigenvalue weighted by atomic mass is 10.0. The molecule has 0 radical (unpaired) electrons. The van der Waals surface area contributed by atoms with Crippen LogP contribution in [0, 0.1) is 0 Å². The van der Waals surface area contributed by atoms with E-state index in [2.05, 4.69) is 34.4 Å². The predicted molar refractivity (Wildman–Crippen MR) is 83.4 cm³/mol. The molecule has 2 rings (SSSR count). The molecule has 1 aromatic rings. The normalized spacial score (nSPS) is 17.4. The SMILES string of the molecule is CC(C)c1csc(NC(=O)C(C)(C)N2CCNCC2)n1. The monoisotopic (exact) mass is 296 g/mol. The zero-order valence-electron chi connectivity index (χ0n) is 12.7. The largest absolute Gasteiger partial charge is 0.314 e. The Labute approximate surface area is 124 Å². The van der Waals surface area contributed by atoms with Gasteiger partial charge >= 0.3 is 0 Å². The summed E-state index contributed by atoms with van der Waals surface area (Å²) in [6, 6.07) is 0. The number of hydrogen-bond donors (Lipinski definition) is 2. The highest BCUT2D eigenvalue weighted by atomic mass is 32.1. The fourth-order valence-corrected chi connectivity index (χ4v) is 3.09. The lowest BCUT2D eigenvalue weighted by Crippen LogP contribution is -2.58. The average molecular weight is 296 g/mol. The van der Waals surface area contributed by atoms with Crippen LogP contribution in [0.25, 0.3) is 0 Å². The van der Waals surface area contributed by atoms with Gasteiger partial charge < -0.3 is 10.6 Å². The van der Waals surface area contributed by atoms with Crippen LogP contribution < -0.4 is 10.6 Å². The minimum Gasteiger partial charge on any atom is -0.314 e. The van der Waals surface area contributed by atoms with E-state index in [1.807, 2.05) is 19.2 Å². The van der Waals surface area contributed by atoms with Crippen molar-refractivity contribution >= 4 is 22.4 Å². The molecule has 6 heteroatoms. The number of anilines is 1. The van der Waals surface area contributed by atoms with Gasteiger partial charge in [-0.05, 0) is 19.8 Å². The van der Waals surface area contributed by atoms with Crippen molar-refractivity contribution in [2.45, 2.75) is 39.2 Å². The number of rotatable bonds is 4. The topological polar surface area (TPSA) is 57.3 Å². The summed E-state index contributed by atoms with van der Waals surface area (Å²) >= 11 is 1.50. The zero-order chi connectivity index (χ0) is 14.8. The van der Waals surface area contributed by atoms with Crippen LogP contribution in [0.1, 0.15) is 39.3 Å². The van der Waals surface area contributed by atoms with Crippen LogP contribution in [-0.2, 0) is 4.79 Å². The first-order valence-corrected chi connectivity index (χ1v) is 8.02. The van der Waals surface area contributed by atoms with E-state index in [0.29, 0.717) is 11.0 Å². The fraction of sp³-hybridized carbons (Fsp3) is 0.714. The van der Waals surface area contributed by atoms with Gasteiger partial charge in [0.25, 0.3) is 0 Å². The van der Waals surface area contributed by atoms with Crippen molar-refractivity contribution in [2.24, 2.45) is 0 Å². The van der Waals surface area contributed by atoms with Gasteiger partial charge in [-0.3, -0.25) is 9.69 Å². The molecule has 1 saturated heterocycles. The molecular weight excluding hydrogens is 272 g/mol. The van der Waals surface area contributed by atoms with Crippen LogP contribution in [-0.4, -0.2) is 47.5 Å². The van der Waals surface area contributed by atoms with E-state index in [-0.39, 0.29) is 5.91 Å². The Kier molecular flexibility index (Phi) is 4.78. The summed E-state index contributed by atoms with van der Waals surface area (Å²) in [5, 5.41) is 8.98. The van der Waals surface area contributed by atoms with Gasteiger partial charge in [-0.15, -0.1) is 11.3 Å². The molecule has 0 spiro atoms. The Hall–Kier alpha value is -0.980. The summed E-state index contributed by atoms with van der Waals surface area (Å²) in [7, 11) is 0. The number of amides is 1. The minimum atomic E-state index is -0.508. The maximum absolute atomic E-state index is 12.5. The number of carbonyl (C=O) groups excluding carboxylic acids is 1. The average Bonchev–Trinajstić information content (AvgIpc) is 2.88. The predicted octanol–water partition coefficient (Wildman–Crippen LogP) is 1.89. The van der Waals surface area contributed by atoms with Crippen molar-refractivity contribution in [2.75, 3.05) is 31.5 Å². The molecule has 112 valence electrons. The van der Waals surface area contributed by atoms with E-state index in [4.69, 9.17) is 0 Å². The summed E-state index contributed by atoms with van der Waals surface area (Å²) in [5.74, 6) is 0.405. The molecule has 0 saturated carbocycles. The van der Waals surface area contributed by atoms with Crippen molar-refractivity contribution in [1.82, 2.24) is 15.2 Å². The van der Waals surface area contributed by atoms with Crippen LogP contribution >= 0.6 is 11.3 Å². The van der Waals surface area contributed by atoms with Gasteiger partial charge in [0.1, 0.15) is 0 Å². The van der Waals surface area contributed by atoms with Crippen molar-refractivity contribution in [1.29, 1.82) is 0 Å². The second-order valence-corrected chi connectivity index (χ2v) is 6.84. The number of nitrogens with zero attached hydrogens (tertiary/aromatic N) is 2. The van der Waals surface area contributed by atoms with Crippen LogP contribution in [0.5, 0.6) is 0 Å². The highest BCUT2D eigenvalue weighted by Crippen LogP contribution is 2.23. The molecule has 1 aliphatic heterocycles. The molecule has 2 N–H and O–H groups in total. The van der Waals surface area contributed by atoms with Gasteiger partial charge in [-0.1, -0.05) is 13.8 Å². The molecule has 0 aliphatic carbocycles. The number of aromatic nitrogens is 1. The van der Waals surface area contributed by atoms with E-state index in [1.54, 1.807) is 0 Å². The van der Waals surface area contributed by atoms with E-state index in [1.165, 1.54) is 11.3 Å². The number of hydrogen-bond acceptors (Lipinski definition) is 5. The molecule has 0 aromatic carbocycles. The molecule has 5 nitrogen and oxygen atoms in total. The van der Waals surface area contributed by atoms with E-state index in [9.17, 15) is 4.79 Å². The summed E-state index contributed by atoms with van der Waals surface area (Å²) in [5.41, 5.74) is 0.524. The second-order valence-electron chi connectivity index (χ2n) is 5.98. The van der Waals surface area contributed by atoms with Gasteiger partial charge in [0, 0.05) is 31.6 Å². The highest BCUT2D eigenvalue weighted by Gasteiger charge is 2.35. The van der Waals surface area contributed by atoms with Crippen LogP contribution in [0.15, 0.2) is 5.38 Å². The Balaban J connectivity index is 2.01. The van der Waals surface area contributed by atoms with Crippen LogP contribution in [0.4, 0.5) is 5.13 Å². The maximum Gasteiger partial charge on any atom is 0.246 e. The molecule has 0 bridgehead atoms. The summed E-state index contributed by atoms with van der Waals surface area (Å²) in [4.78, 5) is 19.2. The second kappa shape index (κ2) is 6.20. The summed E-state index contributed by atoms with van der Waals surface area (Å²) in [6.07, 6.45) is 0. The number of carbonyl (C=O) groups is 1. The van der Waals surface area contributed by atoms with Crippen LogP contribution in [0.3, 0.4) is 0 Å². The van der Waals surface area contributed by atoms with Crippen molar-refractivity contribution in [3.05, 3.63) is 11.1 Å². The standard InChI is InChI=1S/C14H24N4OS/c1-10(2)11-9-20-13(16-11)17-12(19)14(3,4)18-7-5-15-6-8-18/h9-10,15H,5-8H2,1-4H3,(H,16,17,19). The molecule has 1 aromatic heterocycles. The summed E-state index contributed by atoms with van der Waals surface area (Å²) < 4.78 is 0. The van der Waals surface area contributed by atoms with Gasteiger partial charge in [-0.25, -0.2) is 4.98 Å². The zero-order valence-corrected chi connectivity index (χ0v) is 13.5. The lowest BCUT2D eigenvalue weighted by Gasteiger charge is -2.39. The Morgan fingerprint density at radius 1 is 1.45 bits per heavy atom. The summed E-state index contributed by atoms with van der Waals surface area (Å²) in [6.45, 7) is 11.8. The first-order chi connectivity index (χ1) is 9.41. The Bertz CT molecular complexity index is 463. The minimum absolute atomic E-state index is 0.0176. The Morgan fingerprint density at radius 3 is 2.65 bits per heavy atom. The Morgan fingerprint density at radius 2 is 2.10 bits per heavy atom. The molecular formula is C14H24N4OS. The third-order valence-corrected chi connectivity index (χ3v) is 4.57. The molecule has 20 heavy (non-hydrogen) atoms. The van der Waals surface area contributed by atoms with Crippen molar-refractivity contribution < 1.29 is 4.79 Å². The number of piperazine rings is 1. The first-order valence-electron chi connectivity index (χ1n) is 7.14. The number of nitrogens with one attached hydrogen (secondary N) is 2. The molecule has 0 unspecified atom stereocenters. The van der Waals surface area contributed by atoms with Crippen molar-refractivity contribution in [3.63, 3.8) is 0 Å². The maximum atomic E-state index is 12.5. The van der Waals surface area contributed by atoms with Crippen LogP contribution in [0.2, 0.25) is 0 Å². The third kappa shape index (κ3) is 3.37. The third-order valence-electron chi connectivity index (χ3n) is 3.80. The quantitative estimate of drug-likeness (QED) is 0.891. The molecule has 1 amide bonds. The van der Waals surface area contributed by atoms with E-state index in [0.717, 1.165) is 31.9 Å². The smallest absolute Gasteiger partial charge is 0.246 e. The molecule has 1 aliphatic rings. The molecule has 2 heterocycles. The van der Waals surface area contributed by atoms with E-state index >= 15 is 0 Å². The van der Waals surface area contributed by atoms with Gasteiger partial charge in [0.2, 0.25) is 5.91 Å². The molecule has 0 atom stereocenters. The lowest BCUT2D eigenvalue weighted by molar-refractivity contribution is -0.126. The van der Waals surface area contributed by atoms with Crippen molar-refractivity contribution in [3.8, 4) is 0 Å². The first kappa shape index (κ1) is 15.4. The highest BCUT2D eigenvalue weighted by molar-refractivity contribution is 7.13. The van der Waals surface area contributed by atoms with E-state index < -0.39 is 5.54 Å². The molecule has 1 fully saturated rings. The number of thiazole rings is 1. The van der Waals surface area contributed by atoms with Gasteiger partial charge in [-0.2, -0.15) is 0 Å². The van der Waals surface area contributed by atoms with Gasteiger partial charge in [0.05, 0.1) is 11.2 Å².